The van der Waals surface area contributed by atoms with Gasteiger partial charge in [0.2, 0.25) is 0 Å². The third-order valence-corrected chi connectivity index (χ3v) is 4.68. The van der Waals surface area contributed by atoms with Crippen molar-refractivity contribution in [2.45, 2.75) is 96.8 Å². The van der Waals surface area contributed by atoms with Crippen molar-refractivity contribution in [2.24, 2.45) is 0 Å². The monoisotopic (exact) mass is 374 g/mol. The SMILES string of the molecule is CCCCCCCCCCCCCCCC(=O)OS(=O)(=O)OC.[NaH]. The van der Waals surface area contributed by atoms with Gasteiger partial charge in [-0.25, -0.2) is 4.18 Å². The van der Waals surface area contributed by atoms with Crippen molar-refractivity contribution in [1.29, 1.82) is 0 Å². The topological polar surface area (TPSA) is 69.7 Å². The molecule has 0 aliphatic heterocycles. The zero-order chi connectivity index (χ0) is 17.4. The Balaban J connectivity index is 0. The fourth-order valence-electron chi connectivity index (χ4n) is 2.48. The summed E-state index contributed by atoms with van der Waals surface area (Å²) in [5, 5.41) is 0. The van der Waals surface area contributed by atoms with Crippen LogP contribution in [-0.2, 0) is 23.6 Å². The molecule has 0 amide bonds. The minimum absolute atomic E-state index is 0. The second-order valence-corrected chi connectivity index (χ2v) is 7.34. The number of unbranched alkanes of at least 4 members (excludes halogenated alkanes) is 12. The molecular weight excluding hydrogens is 339 g/mol. The van der Waals surface area contributed by atoms with Crippen LogP contribution in [0.4, 0.5) is 0 Å². The van der Waals surface area contributed by atoms with Crippen molar-refractivity contribution >= 4 is 45.9 Å². The average Bonchev–Trinajstić information content (AvgIpc) is 2.51. The Bertz CT molecular complexity index is 384. The molecule has 0 aliphatic carbocycles. The van der Waals surface area contributed by atoms with E-state index >= 15 is 0 Å². The predicted molar refractivity (Wildman–Crippen MR) is 99.5 cm³/mol. The molecule has 0 unspecified atom stereocenters. The number of carbonyl (C=O) groups excluding carboxylic acids is 1. The van der Waals surface area contributed by atoms with Crippen molar-refractivity contribution in [3.05, 3.63) is 0 Å². The first-order valence-electron chi connectivity index (χ1n) is 9.04. The van der Waals surface area contributed by atoms with Crippen LogP contribution < -0.4 is 0 Å². The average molecular weight is 375 g/mol. The van der Waals surface area contributed by atoms with Crippen LogP contribution in [0.5, 0.6) is 0 Å². The summed E-state index contributed by atoms with van der Waals surface area (Å²) >= 11 is 0. The van der Waals surface area contributed by atoms with Gasteiger partial charge in [0.25, 0.3) is 0 Å². The molecule has 0 aromatic rings. The normalized spacial score (nSPS) is 11.1. The van der Waals surface area contributed by atoms with Gasteiger partial charge in [0.05, 0.1) is 7.11 Å². The van der Waals surface area contributed by atoms with E-state index in [1.165, 1.54) is 64.2 Å². The van der Waals surface area contributed by atoms with Gasteiger partial charge >= 0.3 is 45.9 Å². The number of hydrogen-bond donors (Lipinski definition) is 0. The number of hydrogen-bond acceptors (Lipinski definition) is 5. The molecule has 140 valence electrons. The fraction of sp³-hybridized carbons (Fsp3) is 0.941. The molecule has 0 N–H and O–H groups in total. The first-order chi connectivity index (χ1) is 11.0. The summed E-state index contributed by atoms with van der Waals surface area (Å²) in [5.74, 6) is -0.741. The Morgan fingerprint density at radius 3 is 1.50 bits per heavy atom. The molecule has 7 heteroatoms. The first kappa shape index (κ1) is 26.6. The zero-order valence-corrected chi connectivity index (χ0v) is 15.7. The Morgan fingerprint density at radius 2 is 1.12 bits per heavy atom. The van der Waals surface area contributed by atoms with Gasteiger partial charge in [0.15, 0.2) is 0 Å². The molecule has 0 aliphatic rings. The van der Waals surface area contributed by atoms with E-state index in [1.807, 2.05) is 0 Å². The van der Waals surface area contributed by atoms with Crippen LogP contribution in [0.25, 0.3) is 0 Å². The number of carbonyl (C=O) groups is 1. The maximum atomic E-state index is 11.2. The second-order valence-electron chi connectivity index (χ2n) is 6.02. The first-order valence-corrected chi connectivity index (χ1v) is 10.4. The summed E-state index contributed by atoms with van der Waals surface area (Å²) in [6, 6.07) is 0. The predicted octanol–water partition coefficient (Wildman–Crippen LogP) is 4.25. The van der Waals surface area contributed by atoms with Crippen molar-refractivity contribution < 1.29 is 21.6 Å². The molecular formula is C17H35NaO5S. The third kappa shape index (κ3) is 18.7. The van der Waals surface area contributed by atoms with E-state index < -0.39 is 16.4 Å². The van der Waals surface area contributed by atoms with Crippen LogP contribution in [0.15, 0.2) is 0 Å². The van der Waals surface area contributed by atoms with Gasteiger partial charge in [0, 0.05) is 6.42 Å². The quantitative estimate of drug-likeness (QED) is 0.298. The summed E-state index contributed by atoms with van der Waals surface area (Å²) in [5.41, 5.74) is 0. The Hall–Kier alpha value is 0.380. The van der Waals surface area contributed by atoms with Crippen LogP contribution in [-0.4, -0.2) is 51.1 Å². The summed E-state index contributed by atoms with van der Waals surface area (Å²) in [7, 11) is -3.17. The van der Waals surface area contributed by atoms with E-state index in [4.69, 9.17) is 0 Å². The van der Waals surface area contributed by atoms with Crippen LogP contribution in [0, 0.1) is 0 Å². The number of rotatable bonds is 16. The van der Waals surface area contributed by atoms with Crippen LogP contribution in [0.1, 0.15) is 96.8 Å². The van der Waals surface area contributed by atoms with E-state index in [-0.39, 0.29) is 36.0 Å². The molecule has 0 spiro atoms. The van der Waals surface area contributed by atoms with Crippen LogP contribution in [0.3, 0.4) is 0 Å². The van der Waals surface area contributed by atoms with Crippen molar-refractivity contribution in [2.75, 3.05) is 7.11 Å². The minimum atomic E-state index is -4.14. The Morgan fingerprint density at radius 1 is 0.750 bits per heavy atom. The molecule has 0 atom stereocenters. The van der Waals surface area contributed by atoms with Crippen molar-refractivity contribution in [3.8, 4) is 0 Å². The standard InChI is InChI=1S/C17H34O5S.Na.H/c1-3-4-5-6-7-8-9-10-11-12-13-14-15-16-17(18)22-23(19,20)21-2;;/h3-16H2,1-2H3;;. The maximum absolute atomic E-state index is 11.2. The van der Waals surface area contributed by atoms with Gasteiger partial charge in [-0.1, -0.05) is 84.0 Å². The molecule has 0 saturated heterocycles. The molecule has 0 saturated carbocycles. The molecule has 0 bridgehead atoms. The third-order valence-electron chi connectivity index (χ3n) is 3.88. The molecule has 0 aromatic carbocycles. The van der Waals surface area contributed by atoms with E-state index in [2.05, 4.69) is 15.3 Å². The molecule has 0 fully saturated rings. The van der Waals surface area contributed by atoms with Crippen molar-refractivity contribution in [3.63, 3.8) is 0 Å². The van der Waals surface area contributed by atoms with E-state index in [1.54, 1.807) is 0 Å². The summed E-state index contributed by atoms with van der Waals surface area (Å²) < 4.78 is 30.0. The van der Waals surface area contributed by atoms with Gasteiger partial charge in [-0.2, -0.15) is 8.42 Å². The summed E-state index contributed by atoms with van der Waals surface area (Å²) in [6.45, 7) is 2.24. The van der Waals surface area contributed by atoms with E-state index in [0.29, 0.717) is 6.42 Å². The molecule has 0 aromatic heterocycles. The van der Waals surface area contributed by atoms with Crippen LogP contribution in [0.2, 0.25) is 0 Å². The van der Waals surface area contributed by atoms with E-state index in [0.717, 1.165) is 20.0 Å². The molecule has 5 nitrogen and oxygen atoms in total. The second kappa shape index (κ2) is 18.2. The van der Waals surface area contributed by atoms with Gasteiger partial charge in [-0.05, 0) is 6.42 Å². The molecule has 0 rings (SSSR count). The van der Waals surface area contributed by atoms with Gasteiger partial charge in [-0.15, -0.1) is 0 Å². The zero-order valence-electron chi connectivity index (χ0n) is 14.8. The molecule has 0 radical (unpaired) electrons. The van der Waals surface area contributed by atoms with Gasteiger partial charge in [0.1, 0.15) is 0 Å². The van der Waals surface area contributed by atoms with Gasteiger partial charge in [-0.3, -0.25) is 4.79 Å². The summed E-state index contributed by atoms with van der Waals surface area (Å²) in [6.07, 6.45) is 16.0. The summed E-state index contributed by atoms with van der Waals surface area (Å²) in [4.78, 5) is 11.2. The molecule has 24 heavy (non-hydrogen) atoms. The van der Waals surface area contributed by atoms with Gasteiger partial charge < -0.3 is 4.18 Å². The molecule has 0 heterocycles. The fourth-order valence-corrected chi connectivity index (χ4v) is 2.86. The van der Waals surface area contributed by atoms with E-state index in [9.17, 15) is 13.2 Å². The van der Waals surface area contributed by atoms with Crippen molar-refractivity contribution in [1.82, 2.24) is 0 Å². The Labute approximate surface area is 170 Å². The Kier molecular flexibility index (Phi) is 20.2. The van der Waals surface area contributed by atoms with Crippen LogP contribution >= 0.6 is 0 Å².